The van der Waals surface area contributed by atoms with Crippen molar-refractivity contribution < 1.29 is 24.6 Å². The summed E-state index contributed by atoms with van der Waals surface area (Å²) < 4.78 is 0. The quantitative estimate of drug-likeness (QED) is 0.480. The highest BCUT2D eigenvalue weighted by Gasteiger charge is 2.16. The van der Waals surface area contributed by atoms with Crippen LogP contribution in [0.25, 0.3) is 0 Å². The van der Waals surface area contributed by atoms with Crippen LogP contribution in [-0.4, -0.2) is 52.6 Å². The first kappa shape index (κ1) is 23.9. The Morgan fingerprint density at radius 1 is 0.806 bits per heavy atom. The third-order valence-electron chi connectivity index (χ3n) is 4.76. The van der Waals surface area contributed by atoms with Gasteiger partial charge in [-0.25, -0.2) is 9.59 Å². The first-order valence-electron chi connectivity index (χ1n) is 10.3. The van der Waals surface area contributed by atoms with E-state index in [-0.39, 0.29) is 5.91 Å². The Bertz CT molecular complexity index is 810. The van der Waals surface area contributed by atoms with Crippen LogP contribution < -0.4 is 10.4 Å². The fourth-order valence-electron chi connectivity index (χ4n) is 3.25. The van der Waals surface area contributed by atoms with E-state index in [1.54, 1.807) is 0 Å². The van der Waals surface area contributed by atoms with Crippen molar-refractivity contribution in [3.63, 3.8) is 0 Å². The molecule has 1 saturated heterocycles. The highest BCUT2D eigenvalue weighted by Crippen LogP contribution is 2.15. The normalized spacial score (nSPS) is 13.8. The maximum Gasteiger partial charge on any atom is 0.414 e. The molecule has 0 unspecified atom stereocenters. The summed E-state index contributed by atoms with van der Waals surface area (Å²) in [5.74, 6) is -3.59. The van der Waals surface area contributed by atoms with E-state index >= 15 is 0 Å². The number of carboxylic acid groups (broad SMARTS) is 2. The zero-order chi connectivity index (χ0) is 22.5. The van der Waals surface area contributed by atoms with Gasteiger partial charge in [0.05, 0.1) is 18.8 Å². The number of hydrogen-bond donors (Lipinski definition) is 3. The number of carbonyl (C=O) groups excluding carboxylic acids is 1. The summed E-state index contributed by atoms with van der Waals surface area (Å²) in [6.45, 7) is 3.17. The number of rotatable bonds is 6. The number of hydrogen-bond acceptors (Lipinski definition) is 5. The molecule has 2 aromatic carbocycles. The van der Waals surface area contributed by atoms with Crippen LogP contribution in [0.1, 0.15) is 31.2 Å². The molecule has 8 heteroatoms. The molecular weight excluding hydrogens is 398 g/mol. The second-order valence-corrected chi connectivity index (χ2v) is 7.24. The van der Waals surface area contributed by atoms with Crippen LogP contribution in [0.2, 0.25) is 0 Å². The Morgan fingerprint density at radius 2 is 1.32 bits per heavy atom. The fraction of sp³-hybridized carbons (Fsp3) is 0.348. The first-order valence-corrected chi connectivity index (χ1v) is 10.3. The molecule has 8 nitrogen and oxygen atoms in total. The minimum atomic E-state index is -1.82. The van der Waals surface area contributed by atoms with Crippen LogP contribution in [-0.2, 0) is 20.9 Å². The van der Waals surface area contributed by atoms with Crippen molar-refractivity contribution in [1.29, 1.82) is 0 Å². The molecule has 0 aliphatic carbocycles. The molecule has 0 atom stereocenters. The van der Waals surface area contributed by atoms with Crippen LogP contribution in [0.15, 0.2) is 60.7 Å². The number of carbonyl (C=O) groups is 3. The monoisotopic (exact) mass is 427 g/mol. The van der Waals surface area contributed by atoms with E-state index in [0.29, 0.717) is 13.1 Å². The highest BCUT2D eigenvalue weighted by molar-refractivity contribution is 6.27. The predicted molar refractivity (Wildman–Crippen MR) is 117 cm³/mol. The number of benzene rings is 2. The predicted octanol–water partition coefficient (Wildman–Crippen LogP) is 2.76. The molecule has 0 bridgehead atoms. The zero-order valence-corrected chi connectivity index (χ0v) is 17.4. The molecule has 1 fully saturated rings. The Morgan fingerprint density at radius 3 is 1.84 bits per heavy atom. The molecule has 1 amide bonds. The van der Waals surface area contributed by atoms with Gasteiger partial charge in [0.1, 0.15) is 0 Å². The van der Waals surface area contributed by atoms with E-state index in [0.717, 1.165) is 18.8 Å². The number of aliphatic carboxylic acids is 2. The number of nitrogens with one attached hydrogen (secondary N) is 1. The summed E-state index contributed by atoms with van der Waals surface area (Å²) in [5, 5.41) is 16.7. The van der Waals surface area contributed by atoms with Gasteiger partial charge in [-0.1, -0.05) is 61.4 Å². The van der Waals surface area contributed by atoms with Gasteiger partial charge in [-0.3, -0.25) is 20.1 Å². The van der Waals surface area contributed by atoms with Crippen molar-refractivity contribution in [2.45, 2.75) is 32.2 Å². The van der Waals surface area contributed by atoms with Crippen LogP contribution in [0.5, 0.6) is 0 Å². The van der Waals surface area contributed by atoms with E-state index in [1.807, 2.05) is 53.5 Å². The second-order valence-electron chi connectivity index (χ2n) is 7.24. The van der Waals surface area contributed by atoms with E-state index in [1.165, 1.54) is 31.2 Å². The maximum atomic E-state index is 12.6. The van der Waals surface area contributed by atoms with E-state index < -0.39 is 11.9 Å². The largest absolute Gasteiger partial charge is 0.473 e. The van der Waals surface area contributed by atoms with E-state index in [4.69, 9.17) is 19.8 Å². The number of anilines is 1. The smallest absolute Gasteiger partial charge is 0.414 e. The van der Waals surface area contributed by atoms with Crippen LogP contribution in [0, 0.1) is 0 Å². The Kier molecular flexibility index (Phi) is 10.0. The van der Waals surface area contributed by atoms with Gasteiger partial charge in [-0.2, -0.15) is 0 Å². The van der Waals surface area contributed by atoms with Gasteiger partial charge in [0, 0.05) is 0 Å². The van der Waals surface area contributed by atoms with Crippen LogP contribution in [0.3, 0.4) is 0 Å². The highest BCUT2D eigenvalue weighted by atomic mass is 16.4. The van der Waals surface area contributed by atoms with Gasteiger partial charge in [0.2, 0.25) is 0 Å². The number of carboxylic acids is 2. The third-order valence-corrected chi connectivity index (χ3v) is 4.76. The number of likely N-dealkylation sites (tertiary alicyclic amines) is 1. The van der Waals surface area contributed by atoms with E-state index in [2.05, 4.69) is 22.5 Å². The van der Waals surface area contributed by atoms with Gasteiger partial charge >= 0.3 is 11.9 Å². The molecule has 1 heterocycles. The number of para-hydroxylation sites is 1. The van der Waals surface area contributed by atoms with E-state index in [9.17, 15) is 4.79 Å². The topological polar surface area (TPSA) is 110 Å². The minimum Gasteiger partial charge on any atom is -0.473 e. The summed E-state index contributed by atoms with van der Waals surface area (Å²) in [4.78, 5) is 33.1. The Labute approximate surface area is 182 Å². The van der Waals surface area contributed by atoms with Gasteiger partial charge in [0.25, 0.3) is 5.91 Å². The summed E-state index contributed by atoms with van der Waals surface area (Å²) >= 11 is 0. The van der Waals surface area contributed by atoms with Crippen molar-refractivity contribution in [2.24, 2.45) is 0 Å². The van der Waals surface area contributed by atoms with Crippen molar-refractivity contribution in [1.82, 2.24) is 10.3 Å². The number of amides is 1. The standard InChI is InChI=1S/C21H27N3O.C2H2O4/c25-21(18-23-15-9-1-2-10-16-23)22-24(20-13-7-4-8-14-20)17-19-11-5-3-6-12-19;3-1(4)2(5)6/h3-8,11-14H,1-2,9-10,15-18H2,(H,22,25);(H,3,4)(H,5,6). The average Bonchev–Trinajstić information content (AvgIpc) is 3.03. The van der Waals surface area contributed by atoms with Crippen LogP contribution >= 0.6 is 0 Å². The molecule has 3 rings (SSSR count). The molecule has 31 heavy (non-hydrogen) atoms. The lowest BCUT2D eigenvalue weighted by Crippen LogP contribution is -2.46. The molecule has 166 valence electrons. The molecule has 0 spiro atoms. The maximum absolute atomic E-state index is 12.6. The average molecular weight is 428 g/mol. The lowest BCUT2D eigenvalue weighted by atomic mass is 10.2. The summed E-state index contributed by atoms with van der Waals surface area (Å²) in [7, 11) is 0. The van der Waals surface area contributed by atoms with Gasteiger partial charge in [-0.05, 0) is 43.6 Å². The molecule has 0 aromatic heterocycles. The molecule has 2 aromatic rings. The molecular formula is C23H29N3O5. The SMILES string of the molecule is O=C(CN1CCCCCC1)NN(Cc1ccccc1)c1ccccc1.O=C(O)C(=O)O. The number of hydrazine groups is 1. The first-order chi connectivity index (χ1) is 15.0. The molecule has 1 aliphatic rings. The summed E-state index contributed by atoms with van der Waals surface area (Å²) in [5.41, 5.74) is 5.27. The number of nitrogens with zero attached hydrogens (tertiary/aromatic N) is 2. The zero-order valence-electron chi connectivity index (χ0n) is 17.4. The molecule has 1 aliphatic heterocycles. The van der Waals surface area contributed by atoms with Crippen LogP contribution in [0.4, 0.5) is 5.69 Å². The fourth-order valence-corrected chi connectivity index (χ4v) is 3.25. The molecule has 0 saturated carbocycles. The Balaban J connectivity index is 0.000000501. The van der Waals surface area contributed by atoms with Crippen molar-refractivity contribution in [3.05, 3.63) is 66.2 Å². The van der Waals surface area contributed by atoms with Crippen molar-refractivity contribution in [3.8, 4) is 0 Å². The summed E-state index contributed by atoms with van der Waals surface area (Å²) in [6.07, 6.45) is 4.95. The van der Waals surface area contributed by atoms with Crippen molar-refractivity contribution in [2.75, 3.05) is 24.6 Å². The lowest BCUT2D eigenvalue weighted by molar-refractivity contribution is -0.159. The third kappa shape index (κ3) is 9.31. The Hall–Kier alpha value is -3.39. The second kappa shape index (κ2) is 13.0. The summed E-state index contributed by atoms with van der Waals surface area (Å²) in [6, 6.07) is 20.2. The molecule has 0 radical (unpaired) electrons. The molecule has 3 N–H and O–H groups in total. The van der Waals surface area contributed by atoms with Gasteiger partial charge in [0.15, 0.2) is 0 Å². The van der Waals surface area contributed by atoms with Gasteiger partial charge < -0.3 is 10.2 Å². The minimum absolute atomic E-state index is 0.0571. The van der Waals surface area contributed by atoms with Gasteiger partial charge in [-0.15, -0.1) is 0 Å². The van der Waals surface area contributed by atoms with Crippen molar-refractivity contribution >= 4 is 23.5 Å². The lowest BCUT2D eigenvalue weighted by Gasteiger charge is -2.27.